The molecular formula is C29H31NO6. The molecular weight excluding hydrogens is 458 g/mol. The van der Waals surface area contributed by atoms with Crippen LogP contribution in [0.2, 0.25) is 0 Å². The van der Waals surface area contributed by atoms with Crippen molar-refractivity contribution in [3.63, 3.8) is 0 Å². The van der Waals surface area contributed by atoms with E-state index in [9.17, 15) is 14.4 Å². The van der Waals surface area contributed by atoms with Crippen LogP contribution < -0.4 is 10.1 Å². The van der Waals surface area contributed by atoms with E-state index in [0.717, 1.165) is 11.1 Å². The number of methoxy groups -OCH3 is 1. The average Bonchev–Trinajstić information content (AvgIpc) is 2.88. The number of nitrogens with one attached hydrogen (secondary N) is 1. The number of esters is 2. The molecule has 2 aromatic rings. The molecule has 7 heteroatoms. The number of benzene rings is 2. The van der Waals surface area contributed by atoms with E-state index in [4.69, 9.17) is 14.2 Å². The number of Topliss-reactive ketones (excluding diaryl/α,β-unsaturated/α-hetero) is 1. The van der Waals surface area contributed by atoms with Crippen LogP contribution >= 0.6 is 0 Å². The lowest BCUT2D eigenvalue weighted by atomic mass is 9.67. The third-order valence-electron chi connectivity index (χ3n) is 6.73. The van der Waals surface area contributed by atoms with Crippen molar-refractivity contribution in [2.75, 3.05) is 20.3 Å². The van der Waals surface area contributed by atoms with Gasteiger partial charge in [-0.25, -0.2) is 4.79 Å². The normalized spacial score (nSPS) is 21.4. The van der Waals surface area contributed by atoms with Gasteiger partial charge < -0.3 is 19.5 Å². The van der Waals surface area contributed by atoms with E-state index in [1.165, 1.54) is 0 Å². The Morgan fingerprint density at radius 2 is 1.64 bits per heavy atom. The minimum absolute atomic E-state index is 0.153. The van der Waals surface area contributed by atoms with Gasteiger partial charge in [-0.3, -0.25) is 9.59 Å². The molecule has 1 N–H and O–H groups in total. The molecule has 1 aliphatic carbocycles. The fourth-order valence-corrected chi connectivity index (χ4v) is 5.26. The van der Waals surface area contributed by atoms with Gasteiger partial charge >= 0.3 is 11.9 Å². The van der Waals surface area contributed by atoms with Crippen molar-refractivity contribution in [1.82, 2.24) is 5.32 Å². The smallest absolute Gasteiger partial charge is 0.336 e. The van der Waals surface area contributed by atoms with Crippen LogP contribution in [0.15, 0.2) is 77.1 Å². The van der Waals surface area contributed by atoms with E-state index < -0.39 is 29.7 Å². The Morgan fingerprint density at radius 3 is 2.31 bits per heavy atom. The Labute approximate surface area is 211 Å². The molecule has 0 saturated heterocycles. The van der Waals surface area contributed by atoms with Crippen molar-refractivity contribution in [3.8, 4) is 5.75 Å². The van der Waals surface area contributed by atoms with E-state index in [1.54, 1.807) is 21.0 Å². The summed E-state index contributed by atoms with van der Waals surface area (Å²) in [5.74, 6) is -3.06. The third-order valence-corrected chi connectivity index (χ3v) is 6.73. The van der Waals surface area contributed by atoms with Gasteiger partial charge in [0, 0.05) is 28.8 Å². The van der Waals surface area contributed by atoms with Crippen LogP contribution in [-0.2, 0) is 23.9 Å². The van der Waals surface area contributed by atoms with Gasteiger partial charge in [-0.05, 0) is 44.4 Å². The number of para-hydroxylation sites is 1. The topological polar surface area (TPSA) is 90.9 Å². The summed E-state index contributed by atoms with van der Waals surface area (Å²) in [6, 6.07) is 16.8. The quantitative estimate of drug-likeness (QED) is 0.455. The molecule has 0 amide bonds. The summed E-state index contributed by atoms with van der Waals surface area (Å²) in [6.45, 7) is 5.63. The highest BCUT2D eigenvalue weighted by atomic mass is 16.5. The Bertz CT molecular complexity index is 1230. The highest BCUT2D eigenvalue weighted by Gasteiger charge is 2.49. The van der Waals surface area contributed by atoms with Gasteiger partial charge in [-0.1, -0.05) is 48.5 Å². The van der Waals surface area contributed by atoms with Gasteiger partial charge in [0.25, 0.3) is 0 Å². The zero-order valence-corrected chi connectivity index (χ0v) is 21.0. The number of hydrogen-bond donors (Lipinski definition) is 1. The first-order valence-electron chi connectivity index (χ1n) is 12.2. The predicted octanol–water partition coefficient (Wildman–Crippen LogP) is 4.41. The van der Waals surface area contributed by atoms with Crippen molar-refractivity contribution < 1.29 is 28.6 Å². The van der Waals surface area contributed by atoms with Crippen LogP contribution in [0.5, 0.6) is 5.75 Å². The minimum atomic E-state index is -1.07. The summed E-state index contributed by atoms with van der Waals surface area (Å²) in [7, 11) is 1.57. The average molecular weight is 490 g/mol. The molecule has 0 spiro atoms. The van der Waals surface area contributed by atoms with Crippen LogP contribution in [0.1, 0.15) is 50.2 Å². The van der Waals surface area contributed by atoms with E-state index in [0.29, 0.717) is 34.7 Å². The molecule has 3 atom stereocenters. The van der Waals surface area contributed by atoms with Gasteiger partial charge in [0.05, 0.1) is 25.9 Å². The van der Waals surface area contributed by atoms with Crippen molar-refractivity contribution in [2.24, 2.45) is 5.92 Å². The maximum Gasteiger partial charge on any atom is 0.336 e. The van der Waals surface area contributed by atoms with Crippen LogP contribution in [0, 0.1) is 5.92 Å². The van der Waals surface area contributed by atoms with E-state index in [-0.39, 0.29) is 19.0 Å². The lowest BCUT2D eigenvalue weighted by Crippen LogP contribution is -2.43. The molecule has 36 heavy (non-hydrogen) atoms. The van der Waals surface area contributed by atoms with E-state index in [1.807, 2.05) is 61.5 Å². The Balaban J connectivity index is 1.91. The second-order valence-electron chi connectivity index (χ2n) is 8.77. The first kappa shape index (κ1) is 25.2. The van der Waals surface area contributed by atoms with E-state index in [2.05, 4.69) is 5.32 Å². The van der Waals surface area contributed by atoms with Gasteiger partial charge in [0.2, 0.25) is 0 Å². The largest absolute Gasteiger partial charge is 0.496 e. The minimum Gasteiger partial charge on any atom is -0.496 e. The third kappa shape index (κ3) is 4.53. The van der Waals surface area contributed by atoms with E-state index >= 15 is 0 Å². The Kier molecular flexibility index (Phi) is 7.58. The second kappa shape index (κ2) is 10.8. The maximum atomic E-state index is 14.3. The molecule has 0 bridgehead atoms. The number of allylic oxidation sites excluding steroid dienone is 3. The summed E-state index contributed by atoms with van der Waals surface area (Å²) in [5.41, 5.74) is 3.63. The van der Waals surface area contributed by atoms with Crippen LogP contribution in [0.3, 0.4) is 0 Å². The van der Waals surface area contributed by atoms with Crippen molar-refractivity contribution >= 4 is 17.7 Å². The van der Waals surface area contributed by atoms with Gasteiger partial charge in [-0.15, -0.1) is 0 Å². The standard InChI is InChI=1S/C29H31NO6/c1-5-35-28(32)23-17(3)30-21-16-20(19-14-10-11-15-22(19)34-4)25(29(33)36-6-2)27(31)26(21)24(23)18-12-8-7-9-13-18/h7-15,20,24-25,30H,5-6,16H2,1-4H3/t20-,24+,25-/m0/s1. The summed E-state index contributed by atoms with van der Waals surface area (Å²) in [6.07, 6.45) is 0.377. The molecule has 2 aliphatic rings. The molecule has 4 rings (SSSR count). The summed E-state index contributed by atoms with van der Waals surface area (Å²) >= 11 is 0. The molecule has 0 radical (unpaired) electrons. The van der Waals surface area contributed by atoms with Crippen LogP contribution in [0.25, 0.3) is 0 Å². The molecule has 0 aromatic heterocycles. The number of ether oxygens (including phenoxy) is 3. The zero-order chi connectivity index (χ0) is 25.8. The number of carbonyl (C=O) groups is 3. The fourth-order valence-electron chi connectivity index (χ4n) is 5.26. The highest BCUT2D eigenvalue weighted by Crippen LogP contribution is 2.49. The molecule has 0 saturated carbocycles. The van der Waals surface area contributed by atoms with Gasteiger partial charge in [0.1, 0.15) is 11.7 Å². The zero-order valence-electron chi connectivity index (χ0n) is 21.0. The van der Waals surface area contributed by atoms with Crippen LogP contribution in [-0.4, -0.2) is 38.0 Å². The van der Waals surface area contributed by atoms with Crippen molar-refractivity contribution in [1.29, 1.82) is 0 Å². The number of ketones is 1. The monoisotopic (exact) mass is 489 g/mol. The maximum absolute atomic E-state index is 14.3. The first-order chi connectivity index (χ1) is 17.4. The molecule has 7 nitrogen and oxygen atoms in total. The molecule has 0 unspecified atom stereocenters. The number of rotatable bonds is 7. The van der Waals surface area contributed by atoms with Gasteiger partial charge in [0.15, 0.2) is 5.78 Å². The number of carbonyl (C=O) groups excluding carboxylic acids is 3. The molecule has 1 heterocycles. The SMILES string of the molecule is CCOC(=O)C1=C(C)NC2=C(C(=O)[C@@H](C(=O)OCC)[C@H](c3ccccc3OC)C2)[C@@H]1c1ccccc1. The Morgan fingerprint density at radius 1 is 0.972 bits per heavy atom. The predicted molar refractivity (Wildman–Crippen MR) is 134 cm³/mol. The first-order valence-corrected chi connectivity index (χ1v) is 12.2. The van der Waals surface area contributed by atoms with Crippen LogP contribution in [0.4, 0.5) is 0 Å². The summed E-state index contributed by atoms with van der Waals surface area (Å²) in [5, 5.41) is 3.31. The summed E-state index contributed by atoms with van der Waals surface area (Å²) in [4.78, 5) is 40.6. The number of hydrogen-bond acceptors (Lipinski definition) is 7. The molecule has 0 fully saturated rings. The fraction of sp³-hybridized carbons (Fsp3) is 0.345. The van der Waals surface area contributed by atoms with Crippen molar-refractivity contribution in [2.45, 2.75) is 39.0 Å². The molecule has 188 valence electrons. The number of dihydropyridines is 1. The molecule has 1 aliphatic heterocycles. The molecule has 2 aromatic carbocycles. The lowest BCUT2D eigenvalue weighted by Gasteiger charge is -2.39. The second-order valence-corrected chi connectivity index (χ2v) is 8.77. The van der Waals surface area contributed by atoms with Gasteiger partial charge in [-0.2, -0.15) is 0 Å². The summed E-state index contributed by atoms with van der Waals surface area (Å²) < 4.78 is 16.3. The van der Waals surface area contributed by atoms with Crippen molar-refractivity contribution in [3.05, 3.63) is 88.3 Å². The lowest BCUT2D eigenvalue weighted by molar-refractivity contribution is -0.152. The highest BCUT2D eigenvalue weighted by molar-refractivity contribution is 6.13. The Hall–Kier alpha value is -3.87.